The molecule has 0 saturated heterocycles. The number of hydrogen-bond acceptors (Lipinski definition) is 2. The molecule has 0 aliphatic carbocycles. The van der Waals surface area contributed by atoms with E-state index in [9.17, 15) is 4.79 Å². The Kier molecular flexibility index (Phi) is 2.44. The lowest BCUT2D eigenvalue weighted by atomic mass is 10.0. The highest BCUT2D eigenvalue weighted by Gasteiger charge is 2.15. The third-order valence-corrected chi connectivity index (χ3v) is 2.11. The molecule has 0 aliphatic heterocycles. The van der Waals surface area contributed by atoms with Crippen molar-refractivity contribution in [2.75, 3.05) is 0 Å². The zero-order valence-electron chi connectivity index (χ0n) is 5.86. The van der Waals surface area contributed by atoms with Crippen molar-refractivity contribution >= 4 is 17.3 Å². The van der Waals surface area contributed by atoms with Crippen LogP contribution in [0.3, 0.4) is 0 Å². The van der Waals surface area contributed by atoms with Crippen LogP contribution in [-0.2, 0) is 4.79 Å². The molecule has 0 saturated carbocycles. The first-order valence-corrected chi connectivity index (χ1v) is 4.07. The molecule has 1 N–H and O–H groups in total. The monoisotopic (exact) mass is 168 g/mol. The fraction of sp³-hybridized carbons (Fsp3) is 0.125. The van der Waals surface area contributed by atoms with Crippen molar-refractivity contribution in [3.63, 3.8) is 0 Å². The molecule has 58 valence electrons. The molecule has 3 heteroatoms. The summed E-state index contributed by atoms with van der Waals surface area (Å²) in [5, 5.41) is 12.4. The molecule has 0 bridgehead atoms. The second-order valence-corrected chi connectivity index (χ2v) is 2.89. The number of hydrogen-bond donors (Lipinski definition) is 1. The van der Waals surface area contributed by atoms with E-state index in [-0.39, 0.29) is 0 Å². The first-order chi connectivity index (χ1) is 5.25. The van der Waals surface area contributed by atoms with Crippen molar-refractivity contribution in [3.05, 3.63) is 35.0 Å². The Hall–Kier alpha value is -1.09. The summed E-state index contributed by atoms with van der Waals surface area (Å²) in [6.07, 6.45) is 1.43. The summed E-state index contributed by atoms with van der Waals surface area (Å²) in [4.78, 5) is 10.6. The minimum absolute atomic E-state index is 0.554. The molecule has 0 spiro atoms. The average molecular weight is 168 g/mol. The van der Waals surface area contributed by atoms with Crippen LogP contribution in [0.1, 0.15) is 11.5 Å². The van der Waals surface area contributed by atoms with E-state index in [1.165, 1.54) is 17.4 Å². The van der Waals surface area contributed by atoms with Gasteiger partial charge in [0.05, 0.1) is 0 Å². The Balaban J connectivity index is 2.88. The van der Waals surface area contributed by atoms with Gasteiger partial charge in [0.2, 0.25) is 0 Å². The highest BCUT2D eigenvalue weighted by atomic mass is 32.1. The zero-order chi connectivity index (χ0) is 8.27. The Labute approximate surface area is 68.8 Å². The van der Waals surface area contributed by atoms with Crippen LogP contribution in [0, 0.1) is 0 Å². The predicted octanol–water partition coefficient (Wildman–Crippen LogP) is 2.10. The molecule has 0 fully saturated rings. The average Bonchev–Trinajstić information content (AvgIpc) is 2.40. The van der Waals surface area contributed by atoms with Crippen molar-refractivity contribution in [2.24, 2.45) is 0 Å². The fourth-order valence-electron chi connectivity index (χ4n) is 0.831. The predicted molar refractivity (Wildman–Crippen MR) is 44.9 cm³/mol. The van der Waals surface area contributed by atoms with Gasteiger partial charge in [-0.25, -0.2) is 0 Å². The molecule has 1 unspecified atom stereocenters. The second-order valence-electron chi connectivity index (χ2n) is 2.11. The molecule has 2 nitrogen and oxygen atoms in total. The van der Waals surface area contributed by atoms with Gasteiger partial charge in [-0.2, -0.15) is 11.3 Å². The van der Waals surface area contributed by atoms with Crippen molar-refractivity contribution in [1.29, 1.82) is 0 Å². The minimum atomic E-state index is -0.849. The molecule has 0 aliphatic rings. The number of rotatable bonds is 3. The Morgan fingerprint density at radius 2 is 2.55 bits per heavy atom. The lowest BCUT2D eigenvalue weighted by molar-refractivity contribution is -0.137. The molecular formula is C8H8O2S. The van der Waals surface area contributed by atoms with Crippen molar-refractivity contribution in [1.82, 2.24) is 0 Å². The standard InChI is InChI=1S/C8H8O2S/c1-2-7(8(9)10)6-3-4-11-5-6/h2-5,7H,1H2,(H,9,10). The van der Waals surface area contributed by atoms with Crippen LogP contribution < -0.4 is 0 Å². The molecule has 0 aromatic carbocycles. The van der Waals surface area contributed by atoms with E-state index in [2.05, 4.69) is 6.58 Å². The maximum absolute atomic E-state index is 10.6. The third kappa shape index (κ3) is 1.68. The molecular weight excluding hydrogens is 160 g/mol. The minimum Gasteiger partial charge on any atom is -0.481 e. The van der Waals surface area contributed by atoms with E-state index in [1.54, 1.807) is 6.07 Å². The van der Waals surface area contributed by atoms with Gasteiger partial charge in [-0.3, -0.25) is 4.79 Å². The summed E-state index contributed by atoms with van der Waals surface area (Å²) in [5.74, 6) is -1.40. The largest absolute Gasteiger partial charge is 0.481 e. The zero-order valence-corrected chi connectivity index (χ0v) is 6.67. The molecule has 1 atom stereocenters. The van der Waals surface area contributed by atoms with E-state index in [0.29, 0.717) is 0 Å². The van der Waals surface area contributed by atoms with E-state index >= 15 is 0 Å². The van der Waals surface area contributed by atoms with Gasteiger partial charge >= 0.3 is 5.97 Å². The molecule has 1 aromatic heterocycles. The summed E-state index contributed by atoms with van der Waals surface area (Å²) in [6, 6.07) is 1.80. The lowest BCUT2D eigenvalue weighted by Crippen LogP contribution is -2.07. The van der Waals surface area contributed by atoms with Crippen LogP contribution >= 0.6 is 11.3 Å². The number of carboxylic acid groups (broad SMARTS) is 1. The van der Waals surface area contributed by atoms with Gasteiger partial charge in [-0.05, 0) is 22.4 Å². The Morgan fingerprint density at radius 1 is 1.82 bits per heavy atom. The Bertz CT molecular complexity index is 251. The first kappa shape index (κ1) is 8.01. The fourth-order valence-corrected chi connectivity index (χ4v) is 1.53. The molecule has 1 rings (SSSR count). The van der Waals surface area contributed by atoms with Crippen LogP contribution in [0.5, 0.6) is 0 Å². The van der Waals surface area contributed by atoms with E-state index in [1.807, 2.05) is 10.8 Å². The summed E-state index contributed by atoms with van der Waals surface area (Å²) >= 11 is 1.49. The Morgan fingerprint density at radius 3 is 2.91 bits per heavy atom. The number of carbonyl (C=O) groups is 1. The summed E-state index contributed by atoms with van der Waals surface area (Å²) in [6.45, 7) is 3.46. The van der Waals surface area contributed by atoms with Gasteiger partial charge in [-0.15, -0.1) is 6.58 Å². The summed E-state index contributed by atoms with van der Waals surface area (Å²) in [5.41, 5.74) is 0.803. The first-order valence-electron chi connectivity index (χ1n) is 3.13. The maximum atomic E-state index is 10.6. The van der Waals surface area contributed by atoms with Crippen LogP contribution in [0.25, 0.3) is 0 Å². The topological polar surface area (TPSA) is 37.3 Å². The number of aliphatic carboxylic acids is 1. The van der Waals surface area contributed by atoms with Gasteiger partial charge in [0.15, 0.2) is 0 Å². The quantitative estimate of drug-likeness (QED) is 0.702. The van der Waals surface area contributed by atoms with E-state index in [4.69, 9.17) is 5.11 Å². The highest BCUT2D eigenvalue weighted by Crippen LogP contribution is 2.19. The lowest BCUT2D eigenvalue weighted by Gasteiger charge is -2.02. The van der Waals surface area contributed by atoms with Crippen molar-refractivity contribution < 1.29 is 9.90 Å². The smallest absolute Gasteiger partial charge is 0.314 e. The van der Waals surface area contributed by atoms with Gasteiger partial charge in [0.25, 0.3) is 0 Å². The van der Waals surface area contributed by atoms with Crippen molar-refractivity contribution in [2.45, 2.75) is 5.92 Å². The van der Waals surface area contributed by atoms with Crippen LogP contribution in [0.2, 0.25) is 0 Å². The molecule has 0 amide bonds. The summed E-state index contributed by atoms with van der Waals surface area (Å²) < 4.78 is 0. The highest BCUT2D eigenvalue weighted by molar-refractivity contribution is 7.08. The molecule has 0 radical (unpaired) electrons. The number of carboxylic acids is 1. The molecule has 1 heterocycles. The SMILES string of the molecule is C=CC(C(=O)O)c1ccsc1. The maximum Gasteiger partial charge on any atom is 0.314 e. The molecule has 11 heavy (non-hydrogen) atoms. The second kappa shape index (κ2) is 3.34. The van der Waals surface area contributed by atoms with E-state index in [0.717, 1.165) is 5.56 Å². The van der Waals surface area contributed by atoms with Crippen LogP contribution in [-0.4, -0.2) is 11.1 Å². The van der Waals surface area contributed by atoms with Crippen LogP contribution in [0.15, 0.2) is 29.5 Å². The van der Waals surface area contributed by atoms with Crippen LogP contribution in [0.4, 0.5) is 0 Å². The van der Waals surface area contributed by atoms with Crippen molar-refractivity contribution in [3.8, 4) is 0 Å². The van der Waals surface area contributed by atoms with Gasteiger partial charge in [-0.1, -0.05) is 6.08 Å². The third-order valence-electron chi connectivity index (χ3n) is 1.40. The summed E-state index contributed by atoms with van der Waals surface area (Å²) in [7, 11) is 0. The van der Waals surface area contributed by atoms with Gasteiger partial charge in [0, 0.05) is 0 Å². The molecule has 1 aromatic rings. The van der Waals surface area contributed by atoms with E-state index < -0.39 is 11.9 Å². The van der Waals surface area contributed by atoms with Gasteiger partial charge < -0.3 is 5.11 Å². The van der Waals surface area contributed by atoms with Gasteiger partial charge in [0.1, 0.15) is 5.92 Å². The number of thiophene rings is 1. The normalized spacial score (nSPS) is 12.4.